The molecule has 0 aromatic heterocycles. The number of nitrogens with one attached hydrogen (secondary N) is 1. The molecule has 0 spiro atoms. The van der Waals surface area contributed by atoms with Gasteiger partial charge in [-0.3, -0.25) is 19.3 Å². The van der Waals surface area contributed by atoms with Crippen LogP contribution in [-0.2, 0) is 4.79 Å². The molecule has 6 nitrogen and oxygen atoms in total. The van der Waals surface area contributed by atoms with Crippen molar-refractivity contribution < 1.29 is 14.4 Å². The lowest BCUT2D eigenvalue weighted by atomic mass is 10.1. The molecule has 146 valence electrons. The maximum Gasteiger partial charge on any atom is 0.293 e. The van der Waals surface area contributed by atoms with Crippen molar-refractivity contribution in [3.05, 3.63) is 74.1 Å². The summed E-state index contributed by atoms with van der Waals surface area (Å²) < 4.78 is 0. The summed E-state index contributed by atoms with van der Waals surface area (Å²) in [7, 11) is 0. The largest absolute Gasteiger partial charge is 0.350 e. The van der Waals surface area contributed by atoms with Gasteiger partial charge in [0.1, 0.15) is 0 Å². The van der Waals surface area contributed by atoms with Crippen molar-refractivity contribution in [1.82, 2.24) is 10.2 Å². The fourth-order valence-electron chi connectivity index (χ4n) is 2.55. The van der Waals surface area contributed by atoms with Gasteiger partial charge in [-0.1, -0.05) is 35.3 Å². The second kappa shape index (κ2) is 9.14. The van der Waals surface area contributed by atoms with Crippen LogP contribution in [0.15, 0.2) is 47.4 Å². The van der Waals surface area contributed by atoms with Crippen molar-refractivity contribution in [1.29, 1.82) is 5.26 Å². The predicted octanol–water partition coefficient (Wildman–Crippen LogP) is 4.33. The highest BCUT2D eigenvalue weighted by Gasteiger charge is 2.34. The van der Waals surface area contributed by atoms with Gasteiger partial charge >= 0.3 is 0 Å². The van der Waals surface area contributed by atoms with E-state index in [1.807, 2.05) is 6.07 Å². The van der Waals surface area contributed by atoms with E-state index in [9.17, 15) is 14.4 Å². The topological polar surface area (TPSA) is 90.3 Å². The molecule has 0 bridgehead atoms. The summed E-state index contributed by atoms with van der Waals surface area (Å²) >= 11 is 12.9. The number of halogens is 2. The summed E-state index contributed by atoms with van der Waals surface area (Å²) in [6, 6.07) is 13.1. The molecule has 2 aromatic rings. The van der Waals surface area contributed by atoms with Gasteiger partial charge in [0.2, 0.25) is 0 Å². The highest BCUT2D eigenvalue weighted by Crippen LogP contribution is 2.34. The van der Waals surface area contributed by atoms with Crippen molar-refractivity contribution in [2.24, 2.45) is 0 Å². The van der Waals surface area contributed by atoms with Crippen LogP contribution in [0.1, 0.15) is 21.5 Å². The lowest BCUT2D eigenvalue weighted by Crippen LogP contribution is -2.37. The van der Waals surface area contributed by atoms with Crippen molar-refractivity contribution >= 4 is 58.1 Å². The predicted molar refractivity (Wildman–Crippen MR) is 113 cm³/mol. The first-order chi connectivity index (χ1) is 13.9. The summed E-state index contributed by atoms with van der Waals surface area (Å²) in [6.45, 7) is 0.134. The summed E-state index contributed by atoms with van der Waals surface area (Å²) in [6.07, 6.45) is 1.52. The maximum absolute atomic E-state index is 12.5. The van der Waals surface area contributed by atoms with Crippen molar-refractivity contribution in [3.8, 4) is 6.07 Å². The van der Waals surface area contributed by atoms with Gasteiger partial charge in [0, 0.05) is 18.7 Å². The van der Waals surface area contributed by atoms with Crippen LogP contribution in [0.25, 0.3) is 6.08 Å². The minimum absolute atomic E-state index is 0.0350. The van der Waals surface area contributed by atoms with Gasteiger partial charge < -0.3 is 5.32 Å². The van der Waals surface area contributed by atoms with Crippen LogP contribution in [0.2, 0.25) is 10.0 Å². The zero-order chi connectivity index (χ0) is 21.0. The minimum atomic E-state index is -0.455. The zero-order valence-electron chi connectivity index (χ0n) is 14.8. The number of thioether (sulfide) groups is 1. The first-order valence-corrected chi connectivity index (χ1v) is 9.95. The van der Waals surface area contributed by atoms with Crippen molar-refractivity contribution in [3.63, 3.8) is 0 Å². The van der Waals surface area contributed by atoms with Gasteiger partial charge in [-0.05, 0) is 53.7 Å². The van der Waals surface area contributed by atoms with E-state index in [-0.39, 0.29) is 23.9 Å². The fourth-order valence-corrected chi connectivity index (χ4v) is 3.76. The molecule has 1 heterocycles. The molecule has 9 heteroatoms. The summed E-state index contributed by atoms with van der Waals surface area (Å²) in [5.74, 6) is -0.814. The van der Waals surface area contributed by atoms with E-state index in [2.05, 4.69) is 5.32 Å². The van der Waals surface area contributed by atoms with Crippen LogP contribution < -0.4 is 5.32 Å². The molecule has 3 rings (SSSR count). The van der Waals surface area contributed by atoms with Crippen LogP contribution in [0.5, 0.6) is 0 Å². The number of carbonyl (C=O) groups excluding carboxylic acids is 3. The molecule has 29 heavy (non-hydrogen) atoms. The SMILES string of the molecule is N#Cc1ccc(C(=O)NCCN2C(=O)S/C(=C\c3cccc(Cl)c3Cl)C2=O)cc1. The van der Waals surface area contributed by atoms with E-state index in [0.29, 0.717) is 26.7 Å². The summed E-state index contributed by atoms with van der Waals surface area (Å²) in [4.78, 5) is 38.1. The van der Waals surface area contributed by atoms with Crippen LogP contribution >= 0.6 is 35.0 Å². The van der Waals surface area contributed by atoms with E-state index < -0.39 is 11.1 Å². The Kier molecular flexibility index (Phi) is 6.60. The standard InChI is InChI=1S/C20H13Cl2N3O3S/c21-15-3-1-2-14(17(15)22)10-16-19(27)25(20(28)29-16)9-8-24-18(26)13-6-4-12(11-23)5-7-13/h1-7,10H,8-9H2,(H,24,26)/b16-10-. The second-order valence-corrected chi connectivity index (χ2v) is 7.70. The Morgan fingerprint density at radius 3 is 2.59 bits per heavy atom. The average Bonchev–Trinajstić information content (AvgIpc) is 2.98. The Labute approximate surface area is 181 Å². The Hall–Kier alpha value is -2.79. The summed E-state index contributed by atoms with van der Waals surface area (Å²) in [5, 5.41) is 11.7. The van der Waals surface area contributed by atoms with Gasteiger partial charge in [-0.15, -0.1) is 0 Å². The second-order valence-electron chi connectivity index (χ2n) is 5.92. The molecule has 1 fully saturated rings. The third kappa shape index (κ3) is 4.80. The molecule has 0 atom stereocenters. The normalized spacial score (nSPS) is 14.9. The van der Waals surface area contributed by atoms with E-state index in [1.54, 1.807) is 18.2 Å². The monoisotopic (exact) mass is 445 g/mol. The summed E-state index contributed by atoms with van der Waals surface area (Å²) in [5.41, 5.74) is 1.37. The van der Waals surface area contributed by atoms with E-state index >= 15 is 0 Å². The molecule has 0 unspecified atom stereocenters. The lowest BCUT2D eigenvalue weighted by Gasteiger charge is -2.13. The number of imide groups is 1. The maximum atomic E-state index is 12.5. The zero-order valence-corrected chi connectivity index (χ0v) is 17.1. The number of rotatable bonds is 5. The molecule has 1 aliphatic rings. The fraction of sp³-hybridized carbons (Fsp3) is 0.100. The van der Waals surface area contributed by atoms with E-state index in [4.69, 9.17) is 28.5 Å². The minimum Gasteiger partial charge on any atom is -0.350 e. The number of hydrogen-bond acceptors (Lipinski definition) is 5. The Morgan fingerprint density at radius 1 is 1.17 bits per heavy atom. The number of hydrogen-bond donors (Lipinski definition) is 1. The molecule has 1 aliphatic heterocycles. The van der Waals surface area contributed by atoms with Crippen LogP contribution in [0, 0.1) is 11.3 Å². The molecule has 2 aromatic carbocycles. The third-order valence-electron chi connectivity index (χ3n) is 4.04. The first-order valence-electron chi connectivity index (χ1n) is 8.38. The molecular formula is C20H13Cl2N3O3S. The number of nitriles is 1. The molecule has 0 radical (unpaired) electrons. The Morgan fingerprint density at radius 2 is 1.90 bits per heavy atom. The van der Waals surface area contributed by atoms with Gasteiger partial charge in [0.15, 0.2) is 0 Å². The number of benzene rings is 2. The number of amides is 3. The average molecular weight is 446 g/mol. The van der Waals surface area contributed by atoms with E-state index in [0.717, 1.165) is 16.7 Å². The molecule has 0 saturated carbocycles. The van der Waals surface area contributed by atoms with Crippen LogP contribution in [-0.4, -0.2) is 35.0 Å². The Bertz CT molecular complexity index is 1060. The molecule has 1 saturated heterocycles. The van der Waals surface area contributed by atoms with Gasteiger partial charge in [0.05, 0.1) is 26.6 Å². The quantitative estimate of drug-likeness (QED) is 0.691. The van der Waals surface area contributed by atoms with Gasteiger partial charge in [-0.2, -0.15) is 5.26 Å². The number of nitrogens with zero attached hydrogens (tertiary/aromatic N) is 2. The molecule has 3 amide bonds. The lowest BCUT2D eigenvalue weighted by molar-refractivity contribution is -0.122. The molecule has 0 aliphatic carbocycles. The molecule has 1 N–H and O–H groups in total. The van der Waals surface area contributed by atoms with Gasteiger partial charge in [0.25, 0.3) is 17.1 Å². The van der Waals surface area contributed by atoms with Crippen LogP contribution in [0.4, 0.5) is 4.79 Å². The van der Waals surface area contributed by atoms with Crippen molar-refractivity contribution in [2.75, 3.05) is 13.1 Å². The third-order valence-corrected chi connectivity index (χ3v) is 5.78. The van der Waals surface area contributed by atoms with Crippen LogP contribution in [0.3, 0.4) is 0 Å². The molecular weight excluding hydrogens is 433 g/mol. The highest BCUT2D eigenvalue weighted by atomic mass is 35.5. The van der Waals surface area contributed by atoms with Gasteiger partial charge in [-0.25, -0.2) is 0 Å². The van der Waals surface area contributed by atoms with E-state index in [1.165, 1.54) is 30.3 Å². The smallest absolute Gasteiger partial charge is 0.293 e. The Balaban J connectivity index is 1.61. The number of carbonyl (C=O) groups is 3. The first kappa shape index (κ1) is 20.9. The highest BCUT2D eigenvalue weighted by molar-refractivity contribution is 8.18. The van der Waals surface area contributed by atoms with Crippen molar-refractivity contribution in [2.45, 2.75) is 0 Å².